The molecule has 0 radical (unpaired) electrons. The smallest absolute Gasteiger partial charge is 0.137 e. The van der Waals surface area contributed by atoms with Crippen molar-refractivity contribution in [3.63, 3.8) is 0 Å². The normalized spacial score (nSPS) is 19.4. The molecule has 1 saturated heterocycles. The van der Waals surface area contributed by atoms with Crippen LogP contribution in [0.1, 0.15) is 31.7 Å². The zero-order chi connectivity index (χ0) is 13.9. The van der Waals surface area contributed by atoms with Crippen molar-refractivity contribution in [3.05, 3.63) is 28.8 Å². The third kappa shape index (κ3) is 3.22. The number of benzene rings is 1. The Morgan fingerprint density at radius 1 is 1.37 bits per heavy atom. The van der Waals surface area contributed by atoms with Gasteiger partial charge in [0.15, 0.2) is 0 Å². The lowest BCUT2D eigenvalue weighted by Crippen LogP contribution is -2.42. The van der Waals surface area contributed by atoms with Crippen LogP contribution < -0.4 is 4.74 Å². The maximum atomic E-state index is 10.8. The summed E-state index contributed by atoms with van der Waals surface area (Å²) in [6, 6.07) is 5.56. The Kier molecular flexibility index (Phi) is 4.71. The third-order valence-corrected chi connectivity index (χ3v) is 4.22. The molecule has 3 nitrogen and oxygen atoms in total. The number of piperidine rings is 1. The third-order valence-electron chi connectivity index (χ3n) is 3.91. The van der Waals surface area contributed by atoms with E-state index in [2.05, 4.69) is 11.8 Å². The zero-order valence-electron chi connectivity index (χ0n) is 11.7. The quantitative estimate of drug-likeness (QED) is 0.922. The SMILES string of the molecule is CCCN1CCC(O)(c2ccc(Cl)c(OC)c2)CC1. The predicted molar refractivity (Wildman–Crippen MR) is 77.9 cm³/mol. The van der Waals surface area contributed by atoms with Crippen molar-refractivity contribution in [1.82, 2.24) is 4.90 Å². The highest BCUT2D eigenvalue weighted by molar-refractivity contribution is 6.32. The van der Waals surface area contributed by atoms with Gasteiger partial charge in [0.2, 0.25) is 0 Å². The standard InChI is InChI=1S/C15H22ClNO2/c1-3-8-17-9-6-15(18,7-10-17)12-4-5-13(16)14(11-12)19-2/h4-5,11,18H,3,6-10H2,1-2H3. The molecule has 0 unspecified atom stereocenters. The van der Waals surface area contributed by atoms with Crippen molar-refractivity contribution in [2.24, 2.45) is 0 Å². The van der Waals surface area contributed by atoms with Gasteiger partial charge in [-0.15, -0.1) is 0 Å². The lowest BCUT2D eigenvalue weighted by Gasteiger charge is -2.38. The number of hydrogen-bond acceptors (Lipinski definition) is 3. The monoisotopic (exact) mass is 283 g/mol. The summed E-state index contributed by atoms with van der Waals surface area (Å²) in [5, 5.41) is 11.4. The van der Waals surface area contributed by atoms with Gasteiger partial charge in [-0.2, -0.15) is 0 Å². The van der Waals surface area contributed by atoms with Crippen LogP contribution in [0.3, 0.4) is 0 Å². The van der Waals surface area contributed by atoms with Gasteiger partial charge < -0.3 is 14.7 Å². The second kappa shape index (κ2) is 6.12. The number of nitrogens with zero attached hydrogens (tertiary/aromatic N) is 1. The van der Waals surface area contributed by atoms with E-state index >= 15 is 0 Å². The van der Waals surface area contributed by atoms with Gasteiger partial charge in [0.25, 0.3) is 0 Å². The minimum atomic E-state index is -0.748. The molecule has 1 fully saturated rings. The first kappa shape index (κ1) is 14.6. The van der Waals surface area contributed by atoms with E-state index in [1.807, 2.05) is 12.1 Å². The summed E-state index contributed by atoms with van der Waals surface area (Å²) in [5.41, 5.74) is 0.159. The van der Waals surface area contributed by atoms with E-state index < -0.39 is 5.60 Å². The van der Waals surface area contributed by atoms with Crippen LogP contribution in [0, 0.1) is 0 Å². The molecule has 1 N–H and O–H groups in total. The van der Waals surface area contributed by atoms with Gasteiger partial charge in [-0.25, -0.2) is 0 Å². The topological polar surface area (TPSA) is 32.7 Å². The fourth-order valence-corrected chi connectivity index (χ4v) is 2.90. The summed E-state index contributed by atoms with van der Waals surface area (Å²) in [6.07, 6.45) is 2.68. The molecule has 1 aromatic rings. The first-order valence-electron chi connectivity index (χ1n) is 6.88. The molecule has 0 amide bonds. The van der Waals surface area contributed by atoms with Crippen molar-refractivity contribution >= 4 is 11.6 Å². The summed E-state index contributed by atoms with van der Waals surface area (Å²) >= 11 is 6.03. The number of rotatable bonds is 4. The van der Waals surface area contributed by atoms with Gasteiger partial charge >= 0.3 is 0 Å². The number of hydrogen-bond donors (Lipinski definition) is 1. The number of methoxy groups -OCH3 is 1. The molecule has 0 atom stereocenters. The van der Waals surface area contributed by atoms with E-state index in [0.29, 0.717) is 10.8 Å². The van der Waals surface area contributed by atoms with Gasteiger partial charge in [-0.3, -0.25) is 0 Å². The van der Waals surface area contributed by atoms with Crippen molar-refractivity contribution in [3.8, 4) is 5.75 Å². The molecule has 0 bridgehead atoms. The van der Waals surface area contributed by atoms with E-state index in [-0.39, 0.29) is 0 Å². The summed E-state index contributed by atoms with van der Waals surface area (Å²) in [7, 11) is 1.60. The number of aliphatic hydroxyl groups is 1. The molecule has 1 aliphatic rings. The summed E-state index contributed by atoms with van der Waals surface area (Å²) in [5.74, 6) is 0.628. The minimum Gasteiger partial charge on any atom is -0.495 e. The second-order valence-corrected chi connectivity index (χ2v) is 5.63. The van der Waals surface area contributed by atoms with Gasteiger partial charge in [-0.1, -0.05) is 24.6 Å². The molecule has 106 valence electrons. The maximum Gasteiger partial charge on any atom is 0.137 e. The van der Waals surface area contributed by atoms with Gasteiger partial charge in [-0.05, 0) is 43.5 Å². The fourth-order valence-electron chi connectivity index (χ4n) is 2.70. The number of ether oxygens (including phenoxy) is 1. The fraction of sp³-hybridized carbons (Fsp3) is 0.600. The Labute approximate surface area is 120 Å². The van der Waals surface area contributed by atoms with Crippen LogP contribution in [-0.2, 0) is 5.60 Å². The summed E-state index contributed by atoms with van der Waals surface area (Å²) in [4.78, 5) is 2.40. The highest BCUT2D eigenvalue weighted by Gasteiger charge is 2.34. The molecule has 0 spiro atoms. The van der Waals surface area contributed by atoms with Crippen LogP contribution in [0.5, 0.6) is 5.75 Å². The van der Waals surface area contributed by atoms with E-state index in [4.69, 9.17) is 16.3 Å². The zero-order valence-corrected chi connectivity index (χ0v) is 12.4. The van der Waals surface area contributed by atoms with Crippen molar-refractivity contribution in [2.75, 3.05) is 26.7 Å². The lowest BCUT2D eigenvalue weighted by molar-refractivity contribution is -0.0259. The van der Waals surface area contributed by atoms with Gasteiger partial charge in [0.1, 0.15) is 5.75 Å². The van der Waals surface area contributed by atoms with E-state index in [9.17, 15) is 5.11 Å². The Morgan fingerprint density at radius 3 is 2.63 bits per heavy atom. The largest absolute Gasteiger partial charge is 0.495 e. The molecule has 4 heteroatoms. The Balaban J connectivity index is 2.13. The molecule has 1 aliphatic heterocycles. The van der Waals surface area contributed by atoms with Gasteiger partial charge in [0, 0.05) is 13.1 Å². The number of likely N-dealkylation sites (tertiary alicyclic amines) is 1. The first-order chi connectivity index (χ1) is 9.09. The van der Waals surface area contributed by atoms with Crippen molar-refractivity contribution in [1.29, 1.82) is 0 Å². The molecule has 0 saturated carbocycles. The van der Waals surface area contributed by atoms with E-state index in [1.54, 1.807) is 13.2 Å². The maximum absolute atomic E-state index is 10.8. The molecule has 19 heavy (non-hydrogen) atoms. The predicted octanol–water partition coefficient (Wildman–Crippen LogP) is 3.04. The Morgan fingerprint density at radius 2 is 2.05 bits per heavy atom. The van der Waals surface area contributed by atoms with Crippen LogP contribution in [-0.4, -0.2) is 36.8 Å². The summed E-state index contributed by atoms with van der Waals surface area (Å²) in [6.45, 7) is 5.18. The number of halogens is 1. The first-order valence-corrected chi connectivity index (χ1v) is 7.25. The average Bonchev–Trinajstić information content (AvgIpc) is 2.42. The van der Waals surface area contributed by atoms with Crippen molar-refractivity contribution < 1.29 is 9.84 Å². The van der Waals surface area contributed by atoms with E-state index in [1.165, 1.54) is 0 Å². The molecule has 0 aromatic heterocycles. The van der Waals surface area contributed by atoms with Crippen LogP contribution in [0.2, 0.25) is 5.02 Å². The van der Waals surface area contributed by atoms with Crippen molar-refractivity contribution in [2.45, 2.75) is 31.8 Å². The molecular weight excluding hydrogens is 262 g/mol. The Hall–Kier alpha value is -0.770. The van der Waals surface area contributed by atoms with Crippen LogP contribution in [0.4, 0.5) is 0 Å². The second-order valence-electron chi connectivity index (χ2n) is 5.22. The molecule has 1 heterocycles. The van der Waals surface area contributed by atoms with E-state index in [0.717, 1.165) is 44.5 Å². The average molecular weight is 284 g/mol. The summed E-state index contributed by atoms with van der Waals surface area (Å²) < 4.78 is 5.23. The molecule has 0 aliphatic carbocycles. The van der Waals surface area contributed by atoms with Crippen LogP contribution in [0.15, 0.2) is 18.2 Å². The Bertz CT molecular complexity index is 428. The van der Waals surface area contributed by atoms with Crippen LogP contribution >= 0.6 is 11.6 Å². The lowest BCUT2D eigenvalue weighted by atomic mass is 9.84. The van der Waals surface area contributed by atoms with Crippen LogP contribution in [0.25, 0.3) is 0 Å². The highest BCUT2D eigenvalue weighted by Crippen LogP contribution is 2.36. The molecule has 1 aromatic carbocycles. The highest BCUT2D eigenvalue weighted by atomic mass is 35.5. The minimum absolute atomic E-state index is 0.582. The molecule has 2 rings (SSSR count). The molecular formula is C15H22ClNO2. The van der Waals surface area contributed by atoms with Gasteiger partial charge in [0.05, 0.1) is 17.7 Å².